The monoisotopic (exact) mass is 358 g/mol. The Hall–Kier alpha value is -1.88. The molecular formula is C20H23ClN2O2. The number of rotatable bonds is 6. The van der Waals surface area contributed by atoms with Crippen LogP contribution in [0.1, 0.15) is 21.5 Å². The second-order valence-corrected chi connectivity index (χ2v) is 6.66. The van der Waals surface area contributed by atoms with E-state index in [9.17, 15) is 4.79 Å². The van der Waals surface area contributed by atoms with Gasteiger partial charge in [0.2, 0.25) is 0 Å². The van der Waals surface area contributed by atoms with Crippen molar-refractivity contribution in [1.82, 2.24) is 10.2 Å². The van der Waals surface area contributed by atoms with E-state index in [4.69, 9.17) is 16.3 Å². The summed E-state index contributed by atoms with van der Waals surface area (Å²) < 4.78 is 5.37. The number of carbonyl (C=O) groups is 1. The van der Waals surface area contributed by atoms with Gasteiger partial charge in [-0.05, 0) is 41.8 Å². The molecule has 2 aromatic rings. The van der Waals surface area contributed by atoms with Crippen LogP contribution in [0.3, 0.4) is 0 Å². The van der Waals surface area contributed by atoms with Crippen molar-refractivity contribution in [3.8, 4) is 0 Å². The maximum absolute atomic E-state index is 12.4. The second kappa shape index (κ2) is 8.99. The Morgan fingerprint density at radius 3 is 2.60 bits per heavy atom. The molecule has 1 aliphatic heterocycles. The molecule has 1 aliphatic rings. The lowest BCUT2D eigenvalue weighted by atomic mass is 10.1. The zero-order chi connectivity index (χ0) is 17.5. The molecule has 3 rings (SSSR count). The van der Waals surface area contributed by atoms with E-state index in [1.165, 1.54) is 0 Å². The van der Waals surface area contributed by atoms with E-state index in [1.54, 1.807) is 0 Å². The summed E-state index contributed by atoms with van der Waals surface area (Å²) in [5.74, 6) is -0.0298. The number of morpholine rings is 1. The molecule has 1 fully saturated rings. The largest absolute Gasteiger partial charge is 0.379 e. The highest BCUT2D eigenvalue weighted by Crippen LogP contribution is 2.11. The predicted molar refractivity (Wildman–Crippen MR) is 100 cm³/mol. The maximum atomic E-state index is 12.4. The highest BCUT2D eigenvalue weighted by atomic mass is 35.5. The summed E-state index contributed by atoms with van der Waals surface area (Å²) in [6.45, 7) is 4.91. The van der Waals surface area contributed by atoms with Gasteiger partial charge < -0.3 is 10.1 Å². The van der Waals surface area contributed by atoms with Crippen LogP contribution in [0, 0.1) is 0 Å². The Morgan fingerprint density at radius 2 is 1.84 bits per heavy atom. The SMILES string of the molecule is O=C(NCCc1ccc(Cl)cc1)c1cccc(CN2CCOCC2)c1. The van der Waals surface area contributed by atoms with Crippen LogP contribution in [0.15, 0.2) is 48.5 Å². The molecule has 0 unspecified atom stereocenters. The van der Waals surface area contributed by atoms with Gasteiger partial charge in [-0.15, -0.1) is 0 Å². The molecule has 0 aromatic heterocycles. The van der Waals surface area contributed by atoms with Crippen molar-refractivity contribution in [2.24, 2.45) is 0 Å². The van der Waals surface area contributed by atoms with Crippen LogP contribution in [0.5, 0.6) is 0 Å². The van der Waals surface area contributed by atoms with Crippen molar-refractivity contribution >= 4 is 17.5 Å². The molecule has 4 nitrogen and oxygen atoms in total. The van der Waals surface area contributed by atoms with Gasteiger partial charge in [0.05, 0.1) is 13.2 Å². The highest BCUT2D eigenvalue weighted by Gasteiger charge is 2.12. The van der Waals surface area contributed by atoms with Gasteiger partial charge in [0.1, 0.15) is 0 Å². The smallest absolute Gasteiger partial charge is 0.251 e. The number of benzene rings is 2. The van der Waals surface area contributed by atoms with Crippen LogP contribution >= 0.6 is 11.6 Å². The van der Waals surface area contributed by atoms with Crippen LogP contribution in [0.4, 0.5) is 0 Å². The average molecular weight is 359 g/mol. The van der Waals surface area contributed by atoms with Crippen LogP contribution in [0.2, 0.25) is 5.02 Å². The molecule has 2 aromatic carbocycles. The Balaban J connectivity index is 1.51. The summed E-state index contributed by atoms with van der Waals surface area (Å²) in [5, 5.41) is 3.71. The van der Waals surface area contributed by atoms with E-state index in [0.717, 1.165) is 55.4 Å². The number of hydrogen-bond donors (Lipinski definition) is 1. The molecule has 0 atom stereocenters. The number of nitrogens with one attached hydrogen (secondary N) is 1. The quantitative estimate of drug-likeness (QED) is 0.862. The third-order valence-corrected chi connectivity index (χ3v) is 4.56. The van der Waals surface area contributed by atoms with Crippen molar-refractivity contribution in [2.75, 3.05) is 32.8 Å². The van der Waals surface area contributed by atoms with Gasteiger partial charge in [0, 0.05) is 36.8 Å². The Kier molecular flexibility index (Phi) is 6.45. The molecule has 1 amide bonds. The lowest BCUT2D eigenvalue weighted by Crippen LogP contribution is -2.35. The molecule has 1 heterocycles. The first-order valence-electron chi connectivity index (χ1n) is 8.62. The topological polar surface area (TPSA) is 41.6 Å². The van der Waals surface area contributed by atoms with Gasteiger partial charge in [-0.3, -0.25) is 9.69 Å². The van der Waals surface area contributed by atoms with Crippen molar-refractivity contribution in [3.05, 3.63) is 70.2 Å². The first kappa shape index (κ1) is 17.9. The fraction of sp³-hybridized carbons (Fsp3) is 0.350. The summed E-state index contributed by atoms with van der Waals surface area (Å²) in [4.78, 5) is 14.7. The average Bonchev–Trinajstić information content (AvgIpc) is 2.64. The fourth-order valence-corrected chi connectivity index (χ4v) is 3.03. The molecular weight excluding hydrogens is 336 g/mol. The van der Waals surface area contributed by atoms with E-state index in [0.29, 0.717) is 12.1 Å². The second-order valence-electron chi connectivity index (χ2n) is 6.22. The molecule has 1 saturated heterocycles. The van der Waals surface area contributed by atoms with Gasteiger partial charge in [0.15, 0.2) is 0 Å². The minimum Gasteiger partial charge on any atom is -0.379 e. The fourth-order valence-electron chi connectivity index (χ4n) is 2.90. The zero-order valence-corrected chi connectivity index (χ0v) is 15.0. The normalized spacial score (nSPS) is 15.1. The highest BCUT2D eigenvalue weighted by molar-refractivity contribution is 6.30. The summed E-state index contributed by atoms with van der Waals surface area (Å²) in [7, 11) is 0. The van der Waals surface area contributed by atoms with Gasteiger partial charge in [-0.2, -0.15) is 0 Å². The number of hydrogen-bond acceptors (Lipinski definition) is 3. The van der Waals surface area contributed by atoms with Crippen molar-refractivity contribution in [1.29, 1.82) is 0 Å². The van der Waals surface area contributed by atoms with E-state index < -0.39 is 0 Å². The first-order chi connectivity index (χ1) is 12.2. The van der Waals surface area contributed by atoms with Gasteiger partial charge in [0.25, 0.3) is 5.91 Å². The standard InChI is InChI=1S/C20H23ClN2O2/c21-19-6-4-16(5-7-19)8-9-22-20(24)18-3-1-2-17(14-18)15-23-10-12-25-13-11-23/h1-7,14H,8-13,15H2,(H,22,24). The Bertz CT molecular complexity index is 697. The molecule has 1 N–H and O–H groups in total. The summed E-state index contributed by atoms with van der Waals surface area (Å²) in [6, 6.07) is 15.6. The van der Waals surface area contributed by atoms with E-state index in [1.807, 2.05) is 42.5 Å². The third kappa shape index (κ3) is 5.56. The van der Waals surface area contributed by atoms with Gasteiger partial charge in [-0.1, -0.05) is 35.9 Å². The summed E-state index contributed by atoms with van der Waals surface area (Å²) in [5.41, 5.74) is 3.03. The van der Waals surface area contributed by atoms with Crippen molar-refractivity contribution in [2.45, 2.75) is 13.0 Å². The summed E-state index contributed by atoms with van der Waals surface area (Å²) >= 11 is 5.88. The molecule has 0 aliphatic carbocycles. The Labute approximate surface area is 153 Å². The van der Waals surface area contributed by atoms with Crippen molar-refractivity contribution in [3.63, 3.8) is 0 Å². The molecule has 5 heteroatoms. The van der Waals surface area contributed by atoms with E-state index >= 15 is 0 Å². The third-order valence-electron chi connectivity index (χ3n) is 4.31. The minimum atomic E-state index is -0.0298. The number of ether oxygens (including phenoxy) is 1. The lowest BCUT2D eigenvalue weighted by Gasteiger charge is -2.26. The molecule has 132 valence electrons. The van der Waals surface area contributed by atoms with E-state index in [2.05, 4.69) is 16.3 Å². The van der Waals surface area contributed by atoms with Crippen molar-refractivity contribution < 1.29 is 9.53 Å². The predicted octanol–water partition coefficient (Wildman–Crippen LogP) is 3.14. The number of nitrogens with zero attached hydrogens (tertiary/aromatic N) is 1. The molecule has 25 heavy (non-hydrogen) atoms. The molecule has 0 spiro atoms. The number of amides is 1. The minimum absolute atomic E-state index is 0.0298. The number of halogens is 1. The zero-order valence-electron chi connectivity index (χ0n) is 14.2. The molecule has 0 radical (unpaired) electrons. The lowest BCUT2D eigenvalue weighted by molar-refractivity contribution is 0.0342. The van der Waals surface area contributed by atoms with Crippen LogP contribution < -0.4 is 5.32 Å². The van der Waals surface area contributed by atoms with Crippen LogP contribution in [0.25, 0.3) is 0 Å². The summed E-state index contributed by atoms with van der Waals surface area (Å²) in [6.07, 6.45) is 0.788. The van der Waals surface area contributed by atoms with Crippen LogP contribution in [-0.2, 0) is 17.7 Å². The first-order valence-corrected chi connectivity index (χ1v) is 9.00. The van der Waals surface area contributed by atoms with Gasteiger partial charge in [-0.25, -0.2) is 0 Å². The molecule has 0 bridgehead atoms. The molecule has 0 saturated carbocycles. The maximum Gasteiger partial charge on any atom is 0.251 e. The van der Waals surface area contributed by atoms with Crippen LogP contribution in [-0.4, -0.2) is 43.7 Å². The van der Waals surface area contributed by atoms with E-state index in [-0.39, 0.29) is 5.91 Å². The Morgan fingerprint density at radius 1 is 1.08 bits per heavy atom. The van der Waals surface area contributed by atoms with Gasteiger partial charge >= 0.3 is 0 Å². The number of carbonyl (C=O) groups excluding carboxylic acids is 1.